The Bertz CT molecular complexity index is 1080. The fourth-order valence-corrected chi connectivity index (χ4v) is 4.15. The molecule has 0 saturated carbocycles. The minimum Gasteiger partial charge on any atom is -0.489 e. The van der Waals surface area contributed by atoms with Gasteiger partial charge in [0.1, 0.15) is 0 Å². The molecule has 1 aromatic heterocycles. The maximum Gasteiger partial charge on any atom is 0.412 e. The second-order valence-electron chi connectivity index (χ2n) is 7.80. The lowest BCUT2D eigenvalue weighted by atomic mass is 10.1. The minimum absolute atomic E-state index is 0.0153. The molecular formula is C22H27Cl2N3O5. The monoisotopic (exact) mass is 483 g/mol. The Kier molecular flexibility index (Phi) is 7.90. The zero-order valence-electron chi connectivity index (χ0n) is 18.2. The van der Waals surface area contributed by atoms with Crippen molar-refractivity contribution in [2.24, 2.45) is 0 Å². The molecular weight excluding hydrogens is 457 g/mol. The van der Waals surface area contributed by atoms with Crippen LogP contribution >= 0.6 is 23.2 Å². The normalized spacial score (nSPS) is 13.6. The predicted octanol–water partition coefficient (Wildman–Crippen LogP) is 4.61. The van der Waals surface area contributed by atoms with Gasteiger partial charge in [0.15, 0.2) is 11.6 Å². The summed E-state index contributed by atoms with van der Waals surface area (Å²) in [6.07, 6.45) is 2.35. The van der Waals surface area contributed by atoms with Crippen LogP contribution in [0.4, 0.5) is 10.6 Å². The molecule has 8 nitrogen and oxygen atoms in total. The number of carboxylic acid groups (broad SMARTS) is 1. The number of anilines is 1. The fraction of sp³-hybridized carbons (Fsp3) is 0.500. The van der Waals surface area contributed by atoms with Crippen LogP contribution in [-0.2, 0) is 11.3 Å². The Morgan fingerprint density at radius 1 is 1.16 bits per heavy atom. The van der Waals surface area contributed by atoms with Gasteiger partial charge in [-0.05, 0) is 31.4 Å². The summed E-state index contributed by atoms with van der Waals surface area (Å²) < 4.78 is 7.29. The van der Waals surface area contributed by atoms with Gasteiger partial charge >= 0.3 is 6.09 Å². The van der Waals surface area contributed by atoms with Crippen molar-refractivity contribution >= 4 is 51.8 Å². The highest BCUT2D eigenvalue weighted by molar-refractivity contribution is 6.42. The SMILES string of the molecule is CCCCOc1c(N(C)C(=O)O)n(CCC(=O)N2CCCC2)c(=O)c2cc(Cl)c(Cl)cc12. The Morgan fingerprint density at radius 3 is 2.38 bits per heavy atom. The molecule has 3 rings (SSSR count). The number of hydrogen-bond acceptors (Lipinski definition) is 4. The van der Waals surface area contributed by atoms with E-state index in [1.807, 2.05) is 6.92 Å². The highest BCUT2D eigenvalue weighted by atomic mass is 35.5. The van der Waals surface area contributed by atoms with Crippen molar-refractivity contribution in [2.75, 3.05) is 31.6 Å². The maximum atomic E-state index is 13.4. The zero-order valence-corrected chi connectivity index (χ0v) is 19.7. The van der Waals surface area contributed by atoms with Gasteiger partial charge in [0, 0.05) is 38.5 Å². The molecule has 1 aliphatic heterocycles. The van der Waals surface area contributed by atoms with Crippen LogP contribution in [-0.4, -0.2) is 53.3 Å². The number of hydrogen-bond donors (Lipinski definition) is 1. The quantitative estimate of drug-likeness (QED) is 0.553. The molecule has 1 fully saturated rings. The minimum atomic E-state index is -1.26. The summed E-state index contributed by atoms with van der Waals surface area (Å²) in [6, 6.07) is 2.97. The van der Waals surface area contributed by atoms with E-state index in [9.17, 15) is 19.5 Å². The molecule has 1 saturated heterocycles. The van der Waals surface area contributed by atoms with Gasteiger partial charge in [-0.1, -0.05) is 36.5 Å². The van der Waals surface area contributed by atoms with E-state index in [4.69, 9.17) is 27.9 Å². The number of unbranched alkanes of at least 4 members (excludes halogenated alkanes) is 1. The number of carbonyl (C=O) groups is 2. The standard InChI is InChI=1S/C22H27Cl2N3O5/c1-3-4-11-32-19-14-12-16(23)17(24)13-15(14)21(29)27(20(19)25(2)22(30)31)10-7-18(28)26-8-5-6-9-26/h12-13H,3-11H2,1-2H3,(H,30,31). The summed E-state index contributed by atoms with van der Waals surface area (Å²) in [5.41, 5.74) is -0.460. The van der Waals surface area contributed by atoms with Crippen LogP contribution in [0.15, 0.2) is 16.9 Å². The van der Waals surface area contributed by atoms with E-state index in [-0.39, 0.29) is 45.9 Å². The van der Waals surface area contributed by atoms with Crippen molar-refractivity contribution < 1.29 is 19.4 Å². The number of pyridine rings is 1. The van der Waals surface area contributed by atoms with E-state index < -0.39 is 11.7 Å². The Labute approximate surface area is 196 Å². The lowest BCUT2D eigenvalue weighted by molar-refractivity contribution is -0.130. The van der Waals surface area contributed by atoms with E-state index in [0.29, 0.717) is 25.1 Å². The second kappa shape index (κ2) is 10.4. The fourth-order valence-electron chi connectivity index (χ4n) is 3.82. The molecule has 2 heterocycles. The average molecular weight is 484 g/mol. The topological polar surface area (TPSA) is 92.1 Å². The zero-order chi connectivity index (χ0) is 23.4. The van der Waals surface area contributed by atoms with Gasteiger partial charge in [-0.25, -0.2) is 4.79 Å². The van der Waals surface area contributed by atoms with E-state index >= 15 is 0 Å². The molecule has 2 aromatic rings. The van der Waals surface area contributed by atoms with Gasteiger partial charge in [0.25, 0.3) is 5.56 Å². The molecule has 174 valence electrons. The number of fused-ring (bicyclic) bond motifs is 1. The number of nitrogens with zero attached hydrogens (tertiary/aromatic N) is 3. The molecule has 0 radical (unpaired) electrons. The average Bonchev–Trinajstić information content (AvgIpc) is 3.30. The van der Waals surface area contributed by atoms with Crippen molar-refractivity contribution in [1.29, 1.82) is 0 Å². The molecule has 1 N–H and O–H groups in total. The van der Waals surface area contributed by atoms with Crippen LogP contribution < -0.4 is 15.2 Å². The van der Waals surface area contributed by atoms with E-state index in [1.54, 1.807) is 4.90 Å². The summed E-state index contributed by atoms with van der Waals surface area (Å²) in [6.45, 7) is 3.76. The Hall–Kier alpha value is -2.45. The van der Waals surface area contributed by atoms with Crippen LogP contribution in [0, 0.1) is 0 Å². The summed E-state index contributed by atoms with van der Waals surface area (Å²) in [7, 11) is 1.34. The van der Waals surface area contributed by atoms with Crippen LogP contribution in [0.2, 0.25) is 10.0 Å². The Morgan fingerprint density at radius 2 is 1.78 bits per heavy atom. The summed E-state index contributed by atoms with van der Waals surface area (Å²) in [5.74, 6) is 0.227. The number of likely N-dealkylation sites (tertiary alicyclic amines) is 1. The molecule has 2 amide bonds. The van der Waals surface area contributed by atoms with E-state index in [1.165, 1.54) is 23.7 Å². The first kappa shape index (κ1) is 24.2. The lowest BCUT2D eigenvalue weighted by Gasteiger charge is -2.25. The predicted molar refractivity (Wildman–Crippen MR) is 125 cm³/mol. The first-order valence-electron chi connectivity index (χ1n) is 10.7. The first-order valence-corrected chi connectivity index (χ1v) is 11.4. The van der Waals surface area contributed by atoms with Gasteiger partial charge in [0.2, 0.25) is 5.91 Å². The molecule has 32 heavy (non-hydrogen) atoms. The molecule has 1 aromatic carbocycles. The van der Waals surface area contributed by atoms with E-state index in [2.05, 4.69) is 0 Å². The van der Waals surface area contributed by atoms with E-state index in [0.717, 1.165) is 30.6 Å². The van der Waals surface area contributed by atoms with Gasteiger partial charge in [-0.2, -0.15) is 0 Å². The summed E-state index contributed by atoms with van der Waals surface area (Å²) >= 11 is 12.4. The van der Waals surface area contributed by atoms with Crippen molar-refractivity contribution in [1.82, 2.24) is 9.47 Å². The highest BCUT2D eigenvalue weighted by Crippen LogP contribution is 2.38. The number of aromatic nitrogens is 1. The highest BCUT2D eigenvalue weighted by Gasteiger charge is 2.26. The molecule has 0 bridgehead atoms. The van der Waals surface area contributed by atoms with Gasteiger partial charge < -0.3 is 14.7 Å². The maximum absolute atomic E-state index is 13.4. The van der Waals surface area contributed by atoms with Crippen molar-refractivity contribution in [2.45, 2.75) is 45.6 Å². The number of carbonyl (C=O) groups excluding carboxylic acids is 1. The van der Waals surface area contributed by atoms with Crippen molar-refractivity contribution in [3.05, 3.63) is 32.5 Å². The smallest absolute Gasteiger partial charge is 0.412 e. The van der Waals surface area contributed by atoms with Crippen LogP contribution in [0.25, 0.3) is 10.8 Å². The third kappa shape index (κ3) is 4.96. The van der Waals surface area contributed by atoms with Gasteiger partial charge in [0.05, 0.1) is 22.0 Å². The van der Waals surface area contributed by atoms with Crippen LogP contribution in [0.3, 0.4) is 0 Å². The molecule has 0 spiro atoms. The molecule has 0 atom stereocenters. The molecule has 10 heteroatoms. The third-order valence-corrected chi connectivity index (χ3v) is 6.32. The van der Waals surface area contributed by atoms with Crippen LogP contribution in [0.5, 0.6) is 5.75 Å². The van der Waals surface area contributed by atoms with Gasteiger partial charge in [-0.3, -0.25) is 19.1 Å². The number of ether oxygens (including phenoxy) is 1. The first-order chi connectivity index (χ1) is 15.3. The lowest BCUT2D eigenvalue weighted by Crippen LogP contribution is -2.35. The Balaban J connectivity index is 2.17. The molecule has 0 aliphatic carbocycles. The number of benzene rings is 1. The number of rotatable bonds is 8. The second-order valence-corrected chi connectivity index (χ2v) is 8.62. The number of halogens is 2. The summed E-state index contributed by atoms with van der Waals surface area (Å²) in [5, 5.41) is 10.8. The summed E-state index contributed by atoms with van der Waals surface area (Å²) in [4.78, 5) is 40.6. The largest absolute Gasteiger partial charge is 0.489 e. The van der Waals surface area contributed by atoms with Crippen molar-refractivity contribution in [3.63, 3.8) is 0 Å². The van der Waals surface area contributed by atoms with Crippen LogP contribution in [0.1, 0.15) is 39.0 Å². The van der Waals surface area contributed by atoms with Gasteiger partial charge in [-0.15, -0.1) is 0 Å². The molecule has 1 aliphatic rings. The third-order valence-electron chi connectivity index (χ3n) is 5.60. The molecule has 0 unspecified atom stereocenters. The van der Waals surface area contributed by atoms with Crippen molar-refractivity contribution in [3.8, 4) is 5.75 Å². The number of amides is 2.